The van der Waals surface area contributed by atoms with Crippen molar-refractivity contribution in [1.29, 1.82) is 0 Å². The van der Waals surface area contributed by atoms with E-state index in [1.54, 1.807) is 0 Å². The SMILES string of the molecule is CC(O)Cc1cncc(C(F)(F)F)c1. The Balaban J connectivity index is 2.90. The van der Waals surface area contributed by atoms with E-state index < -0.39 is 17.8 Å². The Morgan fingerprint density at radius 2 is 2.07 bits per heavy atom. The fraction of sp³-hybridized carbons (Fsp3) is 0.444. The Morgan fingerprint density at radius 1 is 1.43 bits per heavy atom. The predicted molar refractivity (Wildman–Crippen MR) is 44.6 cm³/mol. The van der Waals surface area contributed by atoms with Gasteiger partial charge < -0.3 is 5.11 Å². The van der Waals surface area contributed by atoms with Gasteiger partial charge >= 0.3 is 6.18 Å². The van der Waals surface area contributed by atoms with E-state index in [-0.39, 0.29) is 6.42 Å². The smallest absolute Gasteiger partial charge is 0.393 e. The molecule has 0 amide bonds. The summed E-state index contributed by atoms with van der Waals surface area (Å²) in [6.45, 7) is 1.51. The van der Waals surface area contributed by atoms with Crippen LogP contribution in [-0.4, -0.2) is 16.2 Å². The molecule has 0 aliphatic heterocycles. The molecule has 0 fully saturated rings. The third kappa shape index (κ3) is 2.99. The minimum absolute atomic E-state index is 0.178. The van der Waals surface area contributed by atoms with Crippen molar-refractivity contribution in [3.63, 3.8) is 0 Å². The van der Waals surface area contributed by atoms with E-state index in [4.69, 9.17) is 5.11 Å². The predicted octanol–water partition coefficient (Wildman–Crippen LogP) is 2.02. The van der Waals surface area contributed by atoms with Crippen LogP contribution in [0.15, 0.2) is 18.5 Å². The topological polar surface area (TPSA) is 33.1 Å². The average Bonchev–Trinajstić information content (AvgIpc) is 2.01. The maximum atomic E-state index is 12.2. The van der Waals surface area contributed by atoms with Gasteiger partial charge in [0.15, 0.2) is 0 Å². The van der Waals surface area contributed by atoms with E-state index in [0.717, 1.165) is 12.3 Å². The standard InChI is InChI=1S/C9H10F3NO/c1-6(14)2-7-3-8(5-13-4-7)9(10,11)12/h3-6,14H,2H2,1H3. The summed E-state index contributed by atoms with van der Waals surface area (Å²) in [6, 6.07) is 1.000. The van der Waals surface area contributed by atoms with Gasteiger partial charge in [0.05, 0.1) is 11.7 Å². The average molecular weight is 205 g/mol. The molecule has 0 aliphatic rings. The van der Waals surface area contributed by atoms with Crippen LogP contribution < -0.4 is 0 Å². The lowest BCUT2D eigenvalue weighted by Gasteiger charge is -2.08. The van der Waals surface area contributed by atoms with E-state index in [1.807, 2.05) is 0 Å². The van der Waals surface area contributed by atoms with Gasteiger partial charge in [0.1, 0.15) is 0 Å². The van der Waals surface area contributed by atoms with E-state index in [2.05, 4.69) is 4.98 Å². The summed E-state index contributed by atoms with van der Waals surface area (Å²) in [4.78, 5) is 3.47. The second kappa shape index (κ2) is 3.96. The number of rotatable bonds is 2. The van der Waals surface area contributed by atoms with Crippen molar-refractivity contribution in [2.75, 3.05) is 0 Å². The summed E-state index contributed by atoms with van der Waals surface area (Å²) in [6.07, 6.45) is -2.77. The Kier molecular flexibility index (Phi) is 3.10. The largest absolute Gasteiger partial charge is 0.417 e. The molecule has 0 radical (unpaired) electrons. The molecule has 0 saturated heterocycles. The molecular weight excluding hydrogens is 195 g/mol. The third-order valence-corrected chi connectivity index (χ3v) is 1.65. The monoisotopic (exact) mass is 205 g/mol. The molecule has 78 valence electrons. The van der Waals surface area contributed by atoms with Gasteiger partial charge in [-0.3, -0.25) is 4.98 Å². The Labute approximate surface area is 79.4 Å². The highest BCUT2D eigenvalue weighted by Gasteiger charge is 2.30. The molecule has 1 aromatic rings. The van der Waals surface area contributed by atoms with Crippen LogP contribution >= 0.6 is 0 Å². The first-order valence-corrected chi connectivity index (χ1v) is 4.09. The molecule has 5 heteroatoms. The van der Waals surface area contributed by atoms with Gasteiger partial charge in [-0.2, -0.15) is 13.2 Å². The fourth-order valence-corrected chi connectivity index (χ4v) is 1.10. The number of aromatic nitrogens is 1. The van der Waals surface area contributed by atoms with E-state index in [0.29, 0.717) is 5.56 Å². The van der Waals surface area contributed by atoms with E-state index >= 15 is 0 Å². The molecule has 0 aromatic carbocycles. The summed E-state index contributed by atoms with van der Waals surface area (Å²) in [5, 5.41) is 8.99. The lowest BCUT2D eigenvalue weighted by molar-refractivity contribution is -0.137. The molecule has 1 atom stereocenters. The number of aliphatic hydroxyl groups is 1. The molecule has 0 aliphatic carbocycles. The summed E-state index contributed by atoms with van der Waals surface area (Å²) in [5.41, 5.74) is -0.398. The second-order valence-corrected chi connectivity index (χ2v) is 3.13. The lowest BCUT2D eigenvalue weighted by atomic mass is 10.1. The lowest BCUT2D eigenvalue weighted by Crippen LogP contribution is -2.09. The second-order valence-electron chi connectivity index (χ2n) is 3.13. The van der Waals surface area contributed by atoms with Crippen molar-refractivity contribution in [1.82, 2.24) is 4.98 Å². The number of halogens is 3. The van der Waals surface area contributed by atoms with Gasteiger partial charge in [0.2, 0.25) is 0 Å². The molecule has 1 N–H and O–H groups in total. The van der Waals surface area contributed by atoms with Gasteiger partial charge in [-0.15, -0.1) is 0 Å². The van der Waals surface area contributed by atoms with Crippen molar-refractivity contribution in [3.05, 3.63) is 29.6 Å². The van der Waals surface area contributed by atoms with Gasteiger partial charge in [-0.05, 0) is 25.0 Å². The Bertz CT molecular complexity index is 309. The maximum absolute atomic E-state index is 12.2. The first kappa shape index (κ1) is 11.0. The van der Waals surface area contributed by atoms with Crippen LogP contribution in [-0.2, 0) is 12.6 Å². The van der Waals surface area contributed by atoms with Crippen molar-refractivity contribution < 1.29 is 18.3 Å². The highest BCUT2D eigenvalue weighted by atomic mass is 19.4. The van der Waals surface area contributed by atoms with Crippen molar-refractivity contribution >= 4 is 0 Å². The maximum Gasteiger partial charge on any atom is 0.417 e. The number of alkyl halides is 3. The number of aliphatic hydroxyl groups excluding tert-OH is 1. The van der Waals surface area contributed by atoms with Crippen LogP contribution in [0, 0.1) is 0 Å². The molecule has 1 aromatic heterocycles. The minimum atomic E-state index is -4.37. The van der Waals surface area contributed by atoms with Gasteiger partial charge in [-0.1, -0.05) is 0 Å². The van der Waals surface area contributed by atoms with Crippen molar-refractivity contribution in [3.8, 4) is 0 Å². The number of nitrogens with zero attached hydrogens (tertiary/aromatic N) is 1. The molecule has 1 heterocycles. The Morgan fingerprint density at radius 3 is 2.57 bits per heavy atom. The fourth-order valence-electron chi connectivity index (χ4n) is 1.10. The first-order chi connectivity index (χ1) is 6.39. The van der Waals surface area contributed by atoms with Crippen LogP contribution in [0.3, 0.4) is 0 Å². The van der Waals surface area contributed by atoms with Gasteiger partial charge in [0, 0.05) is 12.4 Å². The van der Waals surface area contributed by atoms with Crippen LogP contribution in [0.5, 0.6) is 0 Å². The van der Waals surface area contributed by atoms with Crippen LogP contribution in [0.25, 0.3) is 0 Å². The molecule has 14 heavy (non-hydrogen) atoms. The molecular formula is C9H10F3NO. The summed E-state index contributed by atoms with van der Waals surface area (Å²) < 4.78 is 36.6. The molecule has 0 bridgehead atoms. The molecule has 0 spiro atoms. The summed E-state index contributed by atoms with van der Waals surface area (Å²) >= 11 is 0. The number of hydrogen-bond donors (Lipinski definition) is 1. The zero-order chi connectivity index (χ0) is 10.8. The zero-order valence-corrected chi connectivity index (χ0v) is 7.54. The van der Waals surface area contributed by atoms with E-state index in [9.17, 15) is 13.2 Å². The van der Waals surface area contributed by atoms with Crippen LogP contribution in [0.2, 0.25) is 0 Å². The summed E-state index contributed by atoms with van der Waals surface area (Å²) in [7, 11) is 0. The van der Waals surface area contributed by atoms with Crippen molar-refractivity contribution in [2.45, 2.75) is 25.6 Å². The number of pyridine rings is 1. The third-order valence-electron chi connectivity index (χ3n) is 1.65. The zero-order valence-electron chi connectivity index (χ0n) is 7.54. The van der Waals surface area contributed by atoms with Crippen molar-refractivity contribution in [2.24, 2.45) is 0 Å². The van der Waals surface area contributed by atoms with Crippen LogP contribution in [0.1, 0.15) is 18.1 Å². The minimum Gasteiger partial charge on any atom is -0.393 e. The highest BCUT2D eigenvalue weighted by Crippen LogP contribution is 2.28. The molecule has 1 rings (SSSR count). The normalized spacial score (nSPS) is 14.1. The van der Waals surface area contributed by atoms with Gasteiger partial charge in [0.25, 0.3) is 0 Å². The van der Waals surface area contributed by atoms with Crippen LogP contribution in [0.4, 0.5) is 13.2 Å². The Hall–Kier alpha value is -1.10. The number of hydrogen-bond acceptors (Lipinski definition) is 2. The first-order valence-electron chi connectivity index (χ1n) is 4.09. The molecule has 1 unspecified atom stereocenters. The van der Waals surface area contributed by atoms with E-state index in [1.165, 1.54) is 13.1 Å². The quantitative estimate of drug-likeness (QED) is 0.801. The molecule has 0 saturated carbocycles. The highest BCUT2D eigenvalue weighted by molar-refractivity contribution is 5.21. The van der Waals surface area contributed by atoms with Gasteiger partial charge in [-0.25, -0.2) is 0 Å². The molecule has 2 nitrogen and oxygen atoms in total. The summed E-state index contributed by atoms with van der Waals surface area (Å²) in [5.74, 6) is 0.